The Labute approximate surface area is 149 Å². The molecule has 0 atom stereocenters. The van der Waals surface area contributed by atoms with Gasteiger partial charge in [0.2, 0.25) is 5.78 Å². The molecule has 0 unspecified atom stereocenters. The Bertz CT molecular complexity index is 943. The second-order valence-corrected chi connectivity index (χ2v) is 5.89. The minimum Gasteiger partial charge on any atom is -0.486 e. The first-order chi connectivity index (χ1) is 12.3. The Morgan fingerprint density at radius 2 is 1.96 bits per heavy atom. The van der Waals surface area contributed by atoms with Crippen molar-refractivity contribution in [1.82, 2.24) is 0 Å². The molecule has 0 N–H and O–H groups in total. The fourth-order valence-corrected chi connectivity index (χ4v) is 2.59. The molecule has 2 aromatic carbocycles. The minimum atomic E-state index is -0.490. The third-order valence-electron chi connectivity index (χ3n) is 3.79. The maximum Gasteiger partial charge on any atom is 0.269 e. The molecule has 0 amide bonds. The first kappa shape index (κ1) is 17.3. The Morgan fingerprint density at radius 3 is 2.58 bits per heavy atom. The Kier molecular flexibility index (Phi) is 4.53. The topological polar surface area (TPSA) is 95.7 Å². The molecule has 0 aromatic heterocycles. The average molecular weight is 353 g/mol. The van der Waals surface area contributed by atoms with Crippen LogP contribution in [0.4, 0.5) is 5.69 Å². The van der Waals surface area contributed by atoms with Gasteiger partial charge in [0, 0.05) is 18.2 Å². The molecule has 0 fully saturated rings. The lowest BCUT2D eigenvalue weighted by atomic mass is 10.0. The van der Waals surface area contributed by atoms with Gasteiger partial charge in [0.15, 0.2) is 11.5 Å². The molecule has 3 rings (SSSR count). The van der Waals surface area contributed by atoms with Gasteiger partial charge in [-0.2, -0.15) is 0 Å². The maximum atomic E-state index is 12.6. The summed E-state index contributed by atoms with van der Waals surface area (Å²) < 4.78 is 11.0. The second kappa shape index (κ2) is 6.79. The molecule has 0 saturated heterocycles. The number of nitrogens with zero attached hydrogens (tertiary/aromatic N) is 1. The van der Waals surface area contributed by atoms with Crippen molar-refractivity contribution in [3.63, 3.8) is 0 Å². The van der Waals surface area contributed by atoms with Crippen LogP contribution in [0.5, 0.6) is 11.5 Å². The minimum absolute atomic E-state index is 0.0304. The van der Waals surface area contributed by atoms with Crippen molar-refractivity contribution in [2.45, 2.75) is 13.8 Å². The van der Waals surface area contributed by atoms with Gasteiger partial charge in [-0.1, -0.05) is 0 Å². The van der Waals surface area contributed by atoms with Crippen molar-refractivity contribution < 1.29 is 24.0 Å². The summed E-state index contributed by atoms with van der Waals surface area (Å²) in [6, 6.07) is 9.05. The summed E-state index contributed by atoms with van der Waals surface area (Å²) in [6.45, 7) is 3.12. The molecule has 26 heavy (non-hydrogen) atoms. The molecule has 0 bridgehead atoms. The highest BCUT2D eigenvalue weighted by Gasteiger charge is 2.30. The number of benzene rings is 2. The van der Waals surface area contributed by atoms with Crippen molar-refractivity contribution >= 4 is 23.3 Å². The van der Waals surface area contributed by atoms with Crippen molar-refractivity contribution in [2.24, 2.45) is 0 Å². The van der Waals surface area contributed by atoms with E-state index in [1.165, 1.54) is 25.1 Å². The highest BCUT2D eigenvalue weighted by atomic mass is 16.6. The normalized spacial score (nSPS) is 14.1. The fourth-order valence-electron chi connectivity index (χ4n) is 2.59. The molecule has 0 saturated carbocycles. The van der Waals surface area contributed by atoms with Crippen molar-refractivity contribution in [2.75, 3.05) is 6.61 Å². The Hall–Kier alpha value is -3.48. The largest absolute Gasteiger partial charge is 0.486 e. The molecule has 7 heteroatoms. The number of allylic oxidation sites excluding steroid dienone is 1. The number of carbonyl (C=O) groups is 2. The summed E-state index contributed by atoms with van der Waals surface area (Å²) in [7, 11) is 0. The van der Waals surface area contributed by atoms with E-state index in [9.17, 15) is 19.7 Å². The predicted octanol–water partition coefficient (Wildman–Crippen LogP) is 3.49. The van der Waals surface area contributed by atoms with E-state index in [0.29, 0.717) is 28.2 Å². The monoisotopic (exact) mass is 353 g/mol. The van der Waals surface area contributed by atoms with Crippen LogP contribution >= 0.6 is 0 Å². The lowest BCUT2D eigenvalue weighted by molar-refractivity contribution is -0.384. The van der Waals surface area contributed by atoms with Crippen LogP contribution in [-0.4, -0.2) is 23.1 Å². The zero-order chi connectivity index (χ0) is 18.8. The molecule has 2 aromatic rings. The molecule has 132 valence electrons. The molecular formula is C19H15NO6. The number of non-ortho nitro benzene ring substituents is 1. The number of nitro benzene ring substituents is 1. The quantitative estimate of drug-likeness (QED) is 0.464. The van der Waals surface area contributed by atoms with E-state index in [0.717, 1.165) is 0 Å². The van der Waals surface area contributed by atoms with Crippen LogP contribution in [-0.2, 0) is 4.79 Å². The van der Waals surface area contributed by atoms with E-state index >= 15 is 0 Å². The van der Waals surface area contributed by atoms with Gasteiger partial charge in [-0.3, -0.25) is 19.7 Å². The number of nitro groups is 1. The molecule has 0 spiro atoms. The van der Waals surface area contributed by atoms with E-state index in [1.54, 1.807) is 31.2 Å². The van der Waals surface area contributed by atoms with E-state index in [4.69, 9.17) is 9.47 Å². The molecular weight excluding hydrogens is 338 g/mol. The summed E-state index contributed by atoms with van der Waals surface area (Å²) in [4.78, 5) is 33.8. The van der Waals surface area contributed by atoms with Gasteiger partial charge in [-0.15, -0.1) is 0 Å². The molecule has 0 radical (unpaired) electrons. The van der Waals surface area contributed by atoms with E-state index in [-0.39, 0.29) is 29.6 Å². The Balaban J connectivity index is 1.87. The second-order valence-electron chi connectivity index (χ2n) is 5.89. The third-order valence-corrected chi connectivity index (χ3v) is 3.79. The van der Waals surface area contributed by atoms with Gasteiger partial charge >= 0.3 is 0 Å². The molecule has 1 aliphatic heterocycles. The highest BCUT2D eigenvalue weighted by molar-refractivity contribution is 6.15. The predicted molar refractivity (Wildman–Crippen MR) is 93.4 cm³/mol. The van der Waals surface area contributed by atoms with Crippen LogP contribution in [0.25, 0.3) is 6.08 Å². The van der Waals surface area contributed by atoms with Gasteiger partial charge < -0.3 is 9.47 Å². The maximum absolute atomic E-state index is 12.6. The van der Waals surface area contributed by atoms with Gasteiger partial charge in [-0.25, -0.2) is 0 Å². The van der Waals surface area contributed by atoms with Crippen LogP contribution in [0.1, 0.15) is 28.4 Å². The first-order valence-corrected chi connectivity index (χ1v) is 7.81. The van der Waals surface area contributed by atoms with Crippen molar-refractivity contribution in [3.8, 4) is 11.5 Å². The first-order valence-electron chi connectivity index (χ1n) is 7.81. The lowest BCUT2D eigenvalue weighted by Gasteiger charge is -2.07. The van der Waals surface area contributed by atoms with Gasteiger partial charge in [0.1, 0.15) is 18.1 Å². The number of Topliss-reactive ketones (excluding diaryl/α,β-unsaturated/α-hetero) is 2. The Morgan fingerprint density at radius 1 is 1.27 bits per heavy atom. The van der Waals surface area contributed by atoms with E-state index < -0.39 is 4.92 Å². The van der Waals surface area contributed by atoms with Crippen LogP contribution in [0.15, 0.2) is 42.2 Å². The average Bonchev–Trinajstić information content (AvgIpc) is 2.89. The van der Waals surface area contributed by atoms with Gasteiger partial charge in [0.25, 0.3) is 5.69 Å². The molecule has 0 aliphatic carbocycles. The standard InChI is InChI=1S/C19H15NO6/c1-11-7-15(25-10-12(2)21)9-16-18(11)19(22)17(26-16)8-13-3-5-14(6-4-13)20(23)24/h3-9H,10H2,1-2H3/b17-8-. The number of carbonyl (C=O) groups excluding carboxylic acids is 2. The van der Waals surface area contributed by atoms with Crippen LogP contribution in [0, 0.1) is 17.0 Å². The number of ketones is 2. The zero-order valence-corrected chi connectivity index (χ0v) is 14.1. The molecule has 1 heterocycles. The van der Waals surface area contributed by atoms with E-state index in [2.05, 4.69) is 0 Å². The lowest BCUT2D eigenvalue weighted by Crippen LogP contribution is -2.06. The van der Waals surface area contributed by atoms with Crippen molar-refractivity contribution in [3.05, 3.63) is 69.0 Å². The summed E-state index contributed by atoms with van der Waals surface area (Å²) >= 11 is 0. The van der Waals surface area contributed by atoms with Gasteiger partial charge in [-0.05, 0) is 49.2 Å². The molecule has 7 nitrogen and oxygen atoms in total. The highest BCUT2D eigenvalue weighted by Crippen LogP contribution is 2.37. The van der Waals surface area contributed by atoms with Crippen LogP contribution in [0.2, 0.25) is 0 Å². The van der Waals surface area contributed by atoms with Crippen LogP contribution in [0.3, 0.4) is 0 Å². The SMILES string of the molecule is CC(=O)COc1cc(C)c2c(c1)O/C(=C\c1ccc([N+](=O)[O-])cc1)C2=O. The number of rotatable bonds is 5. The summed E-state index contributed by atoms with van der Waals surface area (Å²) in [5, 5.41) is 10.7. The third kappa shape index (κ3) is 3.46. The number of ether oxygens (including phenoxy) is 2. The number of aryl methyl sites for hydroxylation is 1. The zero-order valence-electron chi connectivity index (χ0n) is 14.1. The number of fused-ring (bicyclic) bond motifs is 1. The van der Waals surface area contributed by atoms with E-state index in [1.807, 2.05) is 0 Å². The summed E-state index contributed by atoms with van der Waals surface area (Å²) in [6.07, 6.45) is 1.53. The van der Waals surface area contributed by atoms with Crippen LogP contribution < -0.4 is 9.47 Å². The smallest absolute Gasteiger partial charge is 0.269 e. The fraction of sp³-hybridized carbons (Fsp3) is 0.158. The summed E-state index contributed by atoms with van der Waals surface area (Å²) in [5.41, 5.74) is 1.70. The van der Waals surface area contributed by atoms with Crippen molar-refractivity contribution in [1.29, 1.82) is 0 Å². The van der Waals surface area contributed by atoms with Gasteiger partial charge in [0.05, 0.1) is 10.5 Å². The summed E-state index contributed by atoms with van der Waals surface area (Å²) in [5.74, 6) is 0.552. The number of hydrogen-bond acceptors (Lipinski definition) is 6. The number of hydrogen-bond donors (Lipinski definition) is 0. The molecule has 1 aliphatic rings.